The number of pyridine rings is 1. The zero-order chi connectivity index (χ0) is 12.3. The van der Waals surface area contributed by atoms with Crippen LogP contribution >= 0.6 is 0 Å². The zero-order valence-corrected chi connectivity index (χ0v) is 9.06. The molecule has 1 heterocycles. The second kappa shape index (κ2) is 4.69. The number of hydrogen-bond donors (Lipinski definition) is 1. The van der Waals surface area contributed by atoms with E-state index in [4.69, 9.17) is 10.5 Å². The van der Waals surface area contributed by atoms with Crippen LogP contribution in [0, 0.1) is 13.8 Å². The van der Waals surface area contributed by atoms with Gasteiger partial charge in [-0.3, -0.25) is 4.98 Å². The molecular weight excluding hydrogens is 221 g/mol. The van der Waals surface area contributed by atoms with Gasteiger partial charge in [0.15, 0.2) is 6.61 Å². The summed E-state index contributed by atoms with van der Waals surface area (Å²) < 4.78 is 40.7. The molecule has 0 amide bonds. The van der Waals surface area contributed by atoms with Crippen molar-refractivity contribution in [2.75, 3.05) is 6.61 Å². The van der Waals surface area contributed by atoms with Crippen LogP contribution in [0.25, 0.3) is 0 Å². The fourth-order valence-corrected chi connectivity index (χ4v) is 1.36. The molecule has 0 aliphatic heterocycles. The van der Waals surface area contributed by atoms with Crippen molar-refractivity contribution in [2.24, 2.45) is 5.73 Å². The second-order valence-corrected chi connectivity index (χ2v) is 3.43. The van der Waals surface area contributed by atoms with E-state index in [2.05, 4.69) is 4.98 Å². The molecule has 0 aliphatic rings. The molecule has 0 atom stereocenters. The molecule has 0 spiro atoms. The maximum atomic E-state index is 12.0. The van der Waals surface area contributed by atoms with Crippen molar-refractivity contribution in [3.05, 3.63) is 23.0 Å². The summed E-state index contributed by atoms with van der Waals surface area (Å²) in [7, 11) is 0. The lowest BCUT2D eigenvalue weighted by Gasteiger charge is -2.14. The number of alkyl halides is 3. The third-order valence-corrected chi connectivity index (χ3v) is 2.01. The monoisotopic (exact) mass is 234 g/mol. The maximum Gasteiger partial charge on any atom is 0.422 e. The van der Waals surface area contributed by atoms with Crippen molar-refractivity contribution in [1.29, 1.82) is 0 Å². The summed E-state index contributed by atoms with van der Waals surface area (Å²) in [5, 5.41) is 0. The second-order valence-electron chi connectivity index (χ2n) is 3.43. The predicted molar refractivity (Wildman–Crippen MR) is 53.2 cm³/mol. The molecule has 0 saturated heterocycles. The SMILES string of the molecule is Cc1cc(OCC(F)(F)F)c(CN)c(C)n1. The molecule has 6 heteroatoms. The van der Waals surface area contributed by atoms with E-state index in [-0.39, 0.29) is 12.3 Å². The number of aromatic nitrogens is 1. The van der Waals surface area contributed by atoms with Crippen LogP contribution < -0.4 is 10.5 Å². The number of nitrogens with two attached hydrogens (primary N) is 1. The first-order valence-electron chi connectivity index (χ1n) is 4.70. The molecule has 0 fully saturated rings. The summed E-state index contributed by atoms with van der Waals surface area (Å²) in [5.41, 5.74) is 7.15. The highest BCUT2D eigenvalue weighted by Gasteiger charge is 2.29. The highest BCUT2D eigenvalue weighted by molar-refractivity contribution is 5.37. The molecule has 0 radical (unpaired) electrons. The Bertz CT molecular complexity index is 377. The van der Waals surface area contributed by atoms with Gasteiger partial charge in [-0.2, -0.15) is 13.2 Å². The number of aryl methyl sites for hydroxylation is 2. The van der Waals surface area contributed by atoms with Crippen molar-refractivity contribution in [2.45, 2.75) is 26.6 Å². The number of ether oxygens (including phenoxy) is 1. The van der Waals surface area contributed by atoms with E-state index < -0.39 is 12.8 Å². The van der Waals surface area contributed by atoms with Crippen molar-refractivity contribution in [3.8, 4) is 5.75 Å². The average molecular weight is 234 g/mol. The van der Waals surface area contributed by atoms with Gasteiger partial charge in [-0.05, 0) is 13.8 Å². The number of nitrogens with zero attached hydrogens (tertiary/aromatic N) is 1. The van der Waals surface area contributed by atoms with Gasteiger partial charge >= 0.3 is 6.18 Å². The maximum absolute atomic E-state index is 12.0. The normalized spacial score (nSPS) is 11.6. The molecule has 1 aromatic heterocycles. The van der Waals surface area contributed by atoms with Gasteiger partial charge in [0, 0.05) is 29.6 Å². The van der Waals surface area contributed by atoms with Crippen LogP contribution in [0.15, 0.2) is 6.07 Å². The Morgan fingerprint density at radius 2 is 2.00 bits per heavy atom. The first-order valence-corrected chi connectivity index (χ1v) is 4.70. The molecule has 1 aromatic rings. The molecule has 0 aromatic carbocycles. The van der Waals surface area contributed by atoms with Gasteiger partial charge < -0.3 is 10.5 Å². The number of hydrogen-bond acceptors (Lipinski definition) is 3. The third-order valence-electron chi connectivity index (χ3n) is 2.01. The van der Waals surface area contributed by atoms with E-state index in [9.17, 15) is 13.2 Å². The first kappa shape index (κ1) is 12.8. The van der Waals surface area contributed by atoms with Gasteiger partial charge in [-0.15, -0.1) is 0 Å². The predicted octanol–water partition coefficient (Wildman–Crippen LogP) is 2.10. The highest BCUT2D eigenvalue weighted by atomic mass is 19.4. The number of rotatable bonds is 3. The van der Waals surface area contributed by atoms with Gasteiger partial charge in [0.05, 0.1) is 0 Å². The largest absolute Gasteiger partial charge is 0.484 e. The summed E-state index contributed by atoms with van der Waals surface area (Å²) in [5.74, 6) is 0.157. The zero-order valence-electron chi connectivity index (χ0n) is 9.06. The Morgan fingerprint density at radius 1 is 1.38 bits per heavy atom. The van der Waals surface area contributed by atoms with Crippen molar-refractivity contribution >= 4 is 0 Å². The smallest absolute Gasteiger partial charge is 0.422 e. The fourth-order valence-electron chi connectivity index (χ4n) is 1.36. The minimum absolute atomic E-state index is 0.103. The lowest BCUT2D eigenvalue weighted by molar-refractivity contribution is -0.153. The highest BCUT2D eigenvalue weighted by Crippen LogP contribution is 2.24. The summed E-state index contributed by atoms with van der Waals surface area (Å²) in [4.78, 5) is 4.11. The average Bonchev–Trinajstić information content (AvgIpc) is 2.12. The standard InChI is InChI=1S/C10H13F3N2O/c1-6-3-9(16-5-10(11,12)13)8(4-14)7(2)15-6/h3H,4-5,14H2,1-2H3. The molecule has 0 saturated carbocycles. The van der Waals surface area contributed by atoms with Crippen LogP contribution in [0.1, 0.15) is 17.0 Å². The summed E-state index contributed by atoms with van der Waals surface area (Å²) in [6.07, 6.45) is -4.35. The first-order chi connectivity index (χ1) is 7.33. The third kappa shape index (κ3) is 3.37. The molecule has 3 nitrogen and oxygen atoms in total. The van der Waals surface area contributed by atoms with Crippen molar-refractivity contribution < 1.29 is 17.9 Å². The molecule has 0 aliphatic carbocycles. The summed E-state index contributed by atoms with van der Waals surface area (Å²) in [6, 6.07) is 1.46. The van der Waals surface area contributed by atoms with Gasteiger partial charge in [0.2, 0.25) is 0 Å². The Morgan fingerprint density at radius 3 is 2.50 bits per heavy atom. The van der Waals surface area contributed by atoms with Gasteiger partial charge in [0.1, 0.15) is 5.75 Å². The summed E-state index contributed by atoms with van der Waals surface area (Å²) >= 11 is 0. The number of halogens is 3. The molecule has 0 bridgehead atoms. The van der Waals surface area contributed by atoms with E-state index in [1.165, 1.54) is 6.07 Å². The Hall–Kier alpha value is -1.30. The van der Waals surface area contributed by atoms with Crippen LogP contribution in [-0.2, 0) is 6.54 Å². The van der Waals surface area contributed by atoms with E-state index in [0.717, 1.165) is 0 Å². The Kier molecular flexibility index (Phi) is 3.74. The van der Waals surface area contributed by atoms with Crippen molar-refractivity contribution in [1.82, 2.24) is 4.98 Å². The van der Waals surface area contributed by atoms with Crippen LogP contribution in [-0.4, -0.2) is 17.8 Å². The van der Waals surface area contributed by atoms with E-state index >= 15 is 0 Å². The molecule has 16 heavy (non-hydrogen) atoms. The quantitative estimate of drug-likeness (QED) is 0.871. The van der Waals surface area contributed by atoms with E-state index in [0.29, 0.717) is 17.0 Å². The minimum Gasteiger partial charge on any atom is -0.484 e. The Balaban J connectivity index is 2.94. The Labute approximate surface area is 91.4 Å². The van der Waals surface area contributed by atoms with Gasteiger partial charge in [0.25, 0.3) is 0 Å². The molecule has 90 valence electrons. The van der Waals surface area contributed by atoms with Crippen LogP contribution in [0.3, 0.4) is 0 Å². The van der Waals surface area contributed by atoms with Crippen LogP contribution in [0.4, 0.5) is 13.2 Å². The van der Waals surface area contributed by atoms with Gasteiger partial charge in [-0.25, -0.2) is 0 Å². The molecule has 1 rings (SSSR count). The van der Waals surface area contributed by atoms with Crippen molar-refractivity contribution in [3.63, 3.8) is 0 Å². The van der Waals surface area contributed by atoms with E-state index in [1.54, 1.807) is 13.8 Å². The molecule has 2 N–H and O–H groups in total. The lowest BCUT2D eigenvalue weighted by atomic mass is 10.1. The molecule has 0 unspecified atom stereocenters. The summed E-state index contributed by atoms with van der Waals surface area (Å²) in [6.45, 7) is 2.17. The van der Waals surface area contributed by atoms with E-state index in [1.807, 2.05) is 0 Å². The lowest BCUT2D eigenvalue weighted by Crippen LogP contribution is -2.20. The fraction of sp³-hybridized carbons (Fsp3) is 0.500. The molecular formula is C10H13F3N2O. The van der Waals surface area contributed by atoms with Gasteiger partial charge in [-0.1, -0.05) is 0 Å². The van der Waals surface area contributed by atoms with Crippen LogP contribution in [0.5, 0.6) is 5.75 Å². The minimum atomic E-state index is -4.35. The van der Waals surface area contributed by atoms with Crippen LogP contribution in [0.2, 0.25) is 0 Å². The topological polar surface area (TPSA) is 48.1 Å².